The summed E-state index contributed by atoms with van der Waals surface area (Å²) in [6, 6.07) is 4.93. The van der Waals surface area contributed by atoms with Crippen LogP contribution in [0.2, 0.25) is 0 Å². The van der Waals surface area contributed by atoms with Crippen molar-refractivity contribution in [2.24, 2.45) is 5.73 Å². The Morgan fingerprint density at radius 1 is 1.53 bits per heavy atom. The summed E-state index contributed by atoms with van der Waals surface area (Å²) in [5, 5.41) is 0. The van der Waals surface area contributed by atoms with Crippen LogP contribution in [-0.4, -0.2) is 37.2 Å². The van der Waals surface area contributed by atoms with Crippen molar-refractivity contribution in [1.82, 2.24) is 4.90 Å². The maximum Gasteiger partial charge on any atom is 0.126 e. The second kappa shape index (κ2) is 6.46. The van der Waals surface area contributed by atoms with Crippen molar-refractivity contribution in [3.05, 3.63) is 35.1 Å². The Hall–Kier alpha value is -0.970. The van der Waals surface area contributed by atoms with E-state index in [-0.39, 0.29) is 18.0 Å². The zero-order valence-electron chi connectivity index (χ0n) is 11.7. The number of nitrogens with zero attached hydrogens (tertiary/aromatic N) is 1. The number of aryl methyl sites for hydroxylation is 1. The molecule has 1 aromatic rings. The van der Waals surface area contributed by atoms with E-state index in [4.69, 9.17) is 10.5 Å². The number of hydrogen-bond donors (Lipinski definition) is 1. The molecule has 4 heteroatoms. The van der Waals surface area contributed by atoms with Crippen molar-refractivity contribution in [3.63, 3.8) is 0 Å². The summed E-state index contributed by atoms with van der Waals surface area (Å²) < 4.78 is 19.3. The van der Waals surface area contributed by atoms with Gasteiger partial charge in [-0.3, -0.25) is 4.90 Å². The number of halogens is 1. The molecule has 2 N–H and O–H groups in total. The maximum atomic E-state index is 13.6. The van der Waals surface area contributed by atoms with Crippen LogP contribution in [0.3, 0.4) is 0 Å². The van der Waals surface area contributed by atoms with Crippen molar-refractivity contribution in [2.45, 2.75) is 32.4 Å². The molecule has 3 nitrogen and oxygen atoms in total. The molecule has 0 radical (unpaired) electrons. The summed E-state index contributed by atoms with van der Waals surface area (Å²) in [4.78, 5) is 2.36. The Bertz CT molecular complexity index is 423. The third kappa shape index (κ3) is 3.53. The molecule has 2 atom stereocenters. The molecule has 0 amide bonds. The Balaban J connectivity index is 2.05. The predicted molar refractivity (Wildman–Crippen MR) is 74.5 cm³/mol. The standard InChI is InChI=1S/C15H23FN2O/c1-3-6-18-7-8-19-14(10-18)15(17)12-5-4-11(2)13(16)9-12/h4-5,9,14-15H,3,6-8,10,17H2,1-2H3. The van der Waals surface area contributed by atoms with Gasteiger partial charge in [-0.2, -0.15) is 0 Å². The van der Waals surface area contributed by atoms with Crippen molar-refractivity contribution < 1.29 is 9.13 Å². The van der Waals surface area contributed by atoms with Crippen LogP contribution in [0, 0.1) is 12.7 Å². The largest absolute Gasteiger partial charge is 0.374 e. The lowest BCUT2D eigenvalue weighted by Crippen LogP contribution is -2.47. The molecule has 19 heavy (non-hydrogen) atoms. The van der Waals surface area contributed by atoms with Crippen LogP contribution < -0.4 is 5.73 Å². The summed E-state index contributed by atoms with van der Waals surface area (Å²) in [7, 11) is 0. The number of nitrogens with two attached hydrogens (primary N) is 1. The highest BCUT2D eigenvalue weighted by Gasteiger charge is 2.26. The highest BCUT2D eigenvalue weighted by molar-refractivity contribution is 5.26. The molecule has 1 heterocycles. The van der Waals surface area contributed by atoms with E-state index in [1.54, 1.807) is 13.0 Å². The Labute approximate surface area is 114 Å². The molecule has 2 rings (SSSR count). The van der Waals surface area contributed by atoms with Gasteiger partial charge in [0.25, 0.3) is 0 Å². The molecule has 0 aliphatic carbocycles. The van der Waals surface area contributed by atoms with Gasteiger partial charge in [-0.25, -0.2) is 4.39 Å². The lowest BCUT2D eigenvalue weighted by atomic mass is 9.99. The van der Waals surface area contributed by atoms with Crippen LogP contribution in [0.5, 0.6) is 0 Å². The highest BCUT2D eigenvalue weighted by atomic mass is 19.1. The van der Waals surface area contributed by atoms with Crippen LogP contribution in [0.25, 0.3) is 0 Å². The first-order chi connectivity index (χ1) is 9.11. The average Bonchev–Trinajstić information content (AvgIpc) is 2.42. The molecular formula is C15H23FN2O. The Morgan fingerprint density at radius 3 is 3.00 bits per heavy atom. The normalized spacial score (nSPS) is 22.4. The number of benzene rings is 1. The van der Waals surface area contributed by atoms with Gasteiger partial charge in [-0.05, 0) is 37.1 Å². The lowest BCUT2D eigenvalue weighted by Gasteiger charge is -2.35. The first-order valence-corrected chi connectivity index (χ1v) is 6.97. The van der Waals surface area contributed by atoms with Gasteiger partial charge < -0.3 is 10.5 Å². The first-order valence-electron chi connectivity index (χ1n) is 6.97. The van der Waals surface area contributed by atoms with E-state index >= 15 is 0 Å². The molecule has 1 aromatic carbocycles. The fourth-order valence-corrected chi connectivity index (χ4v) is 2.50. The molecule has 1 aliphatic rings. The van der Waals surface area contributed by atoms with Gasteiger partial charge >= 0.3 is 0 Å². The Kier molecular flexibility index (Phi) is 4.91. The molecular weight excluding hydrogens is 243 g/mol. The lowest BCUT2D eigenvalue weighted by molar-refractivity contribution is -0.0408. The fourth-order valence-electron chi connectivity index (χ4n) is 2.50. The number of rotatable bonds is 4. The van der Waals surface area contributed by atoms with Gasteiger partial charge in [-0.15, -0.1) is 0 Å². The van der Waals surface area contributed by atoms with Crippen molar-refractivity contribution in [2.75, 3.05) is 26.2 Å². The van der Waals surface area contributed by atoms with Crippen LogP contribution >= 0.6 is 0 Å². The van der Waals surface area contributed by atoms with E-state index in [2.05, 4.69) is 11.8 Å². The van der Waals surface area contributed by atoms with Crippen LogP contribution in [0.15, 0.2) is 18.2 Å². The molecule has 0 bridgehead atoms. The van der Waals surface area contributed by atoms with Gasteiger partial charge in [-0.1, -0.05) is 19.1 Å². The quantitative estimate of drug-likeness (QED) is 0.908. The van der Waals surface area contributed by atoms with Gasteiger partial charge in [0.15, 0.2) is 0 Å². The summed E-state index contributed by atoms with van der Waals surface area (Å²) in [5.74, 6) is -0.200. The summed E-state index contributed by atoms with van der Waals surface area (Å²) >= 11 is 0. The van der Waals surface area contributed by atoms with Crippen LogP contribution in [0.1, 0.15) is 30.5 Å². The minimum absolute atomic E-state index is 0.0533. The zero-order valence-corrected chi connectivity index (χ0v) is 11.7. The van der Waals surface area contributed by atoms with Gasteiger partial charge in [0.05, 0.1) is 18.8 Å². The molecule has 1 saturated heterocycles. The van der Waals surface area contributed by atoms with Gasteiger partial charge in [0.1, 0.15) is 5.82 Å². The highest BCUT2D eigenvalue weighted by Crippen LogP contribution is 2.22. The predicted octanol–water partition coefficient (Wildman–Crippen LogP) is 2.24. The van der Waals surface area contributed by atoms with Gasteiger partial charge in [0.2, 0.25) is 0 Å². The van der Waals surface area contributed by atoms with E-state index in [0.717, 1.165) is 31.6 Å². The molecule has 2 unspecified atom stereocenters. The maximum absolute atomic E-state index is 13.6. The van der Waals surface area contributed by atoms with Crippen LogP contribution in [0.4, 0.5) is 4.39 Å². The Morgan fingerprint density at radius 2 is 2.32 bits per heavy atom. The second-order valence-electron chi connectivity index (χ2n) is 5.24. The third-order valence-electron chi connectivity index (χ3n) is 3.70. The van der Waals surface area contributed by atoms with Crippen molar-refractivity contribution in [3.8, 4) is 0 Å². The summed E-state index contributed by atoms with van der Waals surface area (Å²) in [5.41, 5.74) is 7.69. The fraction of sp³-hybridized carbons (Fsp3) is 0.600. The molecule has 0 saturated carbocycles. The minimum atomic E-state index is -0.269. The SMILES string of the molecule is CCCN1CCOC(C(N)c2ccc(C)c(F)c2)C1. The van der Waals surface area contributed by atoms with Crippen molar-refractivity contribution in [1.29, 1.82) is 0 Å². The molecule has 1 aliphatic heterocycles. The van der Waals surface area contributed by atoms with E-state index in [0.29, 0.717) is 12.2 Å². The van der Waals surface area contributed by atoms with Crippen LogP contribution in [-0.2, 0) is 4.74 Å². The molecule has 0 spiro atoms. The third-order valence-corrected chi connectivity index (χ3v) is 3.70. The van der Waals surface area contributed by atoms with E-state index in [9.17, 15) is 4.39 Å². The first kappa shape index (κ1) is 14.4. The molecule has 1 fully saturated rings. The average molecular weight is 266 g/mol. The zero-order chi connectivity index (χ0) is 13.8. The van der Waals surface area contributed by atoms with E-state index < -0.39 is 0 Å². The van der Waals surface area contributed by atoms with Gasteiger partial charge in [0, 0.05) is 13.1 Å². The monoisotopic (exact) mass is 266 g/mol. The minimum Gasteiger partial charge on any atom is -0.374 e. The molecule has 0 aromatic heterocycles. The number of hydrogen-bond acceptors (Lipinski definition) is 3. The topological polar surface area (TPSA) is 38.5 Å². The van der Waals surface area contributed by atoms with Crippen molar-refractivity contribution >= 4 is 0 Å². The summed E-state index contributed by atoms with van der Waals surface area (Å²) in [6.45, 7) is 7.47. The summed E-state index contributed by atoms with van der Waals surface area (Å²) in [6.07, 6.45) is 1.07. The molecule has 106 valence electrons. The van der Waals surface area contributed by atoms with E-state index in [1.165, 1.54) is 6.07 Å². The number of ether oxygens (including phenoxy) is 1. The number of morpholine rings is 1. The van der Waals surface area contributed by atoms with E-state index in [1.807, 2.05) is 6.07 Å². The smallest absolute Gasteiger partial charge is 0.126 e. The second-order valence-corrected chi connectivity index (χ2v) is 5.24.